The van der Waals surface area contributed by atoms with Crippen molar-refractivity contribution in [2.75, 3.05) is 23.7 Å². The fourth-order valence-corrected chi connectivity index (χ4v) is 4.49. The van der Waals surface area contributed by atoms with E-state index in [2.05, 4.69) is 5.32 Å². The maximum atomic E-state index is 13.5. The number of anilines is 1. The number of nitrogens with one attached hydrogen (secondary N) is 1. The molecule has 0 saturated heterocycles. The van der Waals surface area contributed by atoms with Crippen LogP contribution in [0.2, 0.25) is 5.02 Å². The molecule has 0 aliphatic rings. The van der Waals surface area contributed by atoms with E-state index in [4.69, 9.17) is 11.6 Å². The van der Waals surface area contributed by atoms with Crippen LogP contribution in [0.15, 0.2) is 48.5 Å². The van der Waals surface area contributed by atoms with Crippen LogP contribution in [0.1, 0.15) is 31.4 Å². The van der Waals surface area contributed by atoms with Crippen molar-refractivity contribution < 1.29 is 18.0 Å². The van der Waals surface area contributed by atoms with Crippen LogP contribution in [-0.2, 0) is 26.2 Å². The highest BCUT2D eigenvalue weighted by Crippen LogP contribution is 2.23. The average molecular weight is 480 g/mol. The number of carbonyl (C=O) groups is 2. The quantitative estimate of drug-likeness (QED) is 0.566. The molecular weight excluding hydrogens is 450 g/mol. The number of sulfonamides is 1. The van der Waals surface area contributed by atoms with E-state index < -0.39 is 28.5 Å². The van der Waals surface area contributed by atoms with Crippen LogP contribution < -0.4 is 9.62 Å². The smallest absolute Gasteiger partial charge is 0.244 e. The molecule has 2 rings (SSSR count). The number of carbonyl (C=O) groups excluding carboxylic acids is 2. The van der Waals surface area contributed by atoms with E-state index in [-0.39, 0.29) is 18.1 Å². The van der Waals surface area contributed by atoms with Crippen molar-refractivity contribution in [3.63, 3.8) is 0 Å². The van der Waals surface area contributed by atoms with E-state index in [1.165, 1.54) is 11.0 Å². The lowest BCUT2D eigenvalue weighted by atomic mass is 10.1. The van der Waals surface area contributed by atoms with Crippen LogP contribution >= 0.6 is 11.6 Å². The van der Waals surface area contributed by atoms with Gasteiger partial charge in [0.05, 0.1) is 11.9 Å². The zero-order valence-electron chi connectivity index (χ0n) is 18.8. The van der Waals surface area contributed by atoms with E-state index in [9.17, 15) is 18.0 Å². The number of rotatable bonds is 10. The lowest BCUT2D eigenvalue weighted by molar-refractivity contribution is -0.140. The summed E-state index contributed by atoms with van der Waals surface area (Å²) in [5.41, 5.74) is 2.17. The molecule has 1 N–H and O–H groups in total. The van der Waals surface area contributed by atoms with Gasteiger partial charge in [-0.05, 0) is 44.0 Å². The Hall–Kier alpha value is -2.58. The minimum absolute atomic E-state index is 0.184. The number of nitrogens with zero attached hydrogens (tertiary/aromatic N) is 2. The Labute approximate surface area is 195 Å². The van der Waals surface area contributed by atoms with Crippen LogP contribution in [0.3, 0.4) is 0 Å². The molecule has 2 aromatic rings. The summed E-state index contributed by atoms with van der Waals surface area (Å²) in [6.45, 7) is 5.74. The highest BCUT2D eigenvalue weighted by Gasteiger charge is 2.31. The Morgan fingerprint density at radius 1 is 1.09 bits per heavy atom. The Balaban J connectivity index is 2.43. The normalized spacial score (nSPS) is 12.2. The molecule has 0 radical (unpaired) electrons. The lowest BCUT2D eigenvalue weighted by Crippen LogP contribution is -2.52. The Morgan fingerprint density at radius 2 is 1.78 bits per heavy atom. The summed E-state index contributed by atoms with van der Waals surface area (Å²) in [5.74, 6) is -0.750. The van der Waals surface area contributed by atoms with E-state index in [0.717, 1.165) is 21.7 Å². The molecule has 2 amide bonds. The van der Waals surface area contributed by atoms with Gasteiger partial charge < -0.3 is 10.2 Å². The van der Waals surface area contributed by atoms with Gasteiger partial charge in [0.1, 0.15) is 12.6 Å². The molecule has 0 saturated carbocycles. The van der Waals surface area contributed by atoms with Gasteiger partial charge >= 0.3 is 0 Å². The third kappa shape index (κ3) is 6.97. The zero-order chi connectivity index (χ0) is 23.9. The van der Waals surface area contributed by atoms with Crippen molar-refractivity contribution in [2.45, 2.75) is 39.8 Å². The third-order valence-electron chi connectivity index (χ3n) is 4.95. The van der Waals surface area contributed by atoms with Gasteiger partial charge in [-0.25, -0.2) is 8.42 Å². The van der Waals surface area contributed by atoms with Crippen molar-refractivity contribution in [3.05, 3.63) is 64.7 Å². The summed E-state index contributed by atoms with van der Waals surface area (Å²) in [4.78, 5) is 27.6. The number of aryl methyl sites for hydroxylation is 1. The first-order chi connectivity index (χ1) is 15.1. The van der Waals surface area contributed by atoms with Gasteiger partial charge in [0, 0.05) is 18.1 Å². The molecule has 9 heteroatoms. The third-order valence-corrected chi connectivity index (χ3v) is 6.32. The molecule has 1 unspecified atom stereocenters. The van der Waals surface area contributed by atoms with Crippen LogP contribution in [0, 0.1) is 6.92 Å². The van der Waals surface area contributed by atoms with Gasteiger partial charge in [-0.3, -0.25) is 13.9 Å². The summed E-state index contributed by atoms with van der Waals surface area (Å²) in [6, 6.07) is 13.2. The summed E-state index contributed by atoms with van der Waals surface area (Å²) in [5, 5.41) is 3.13. The second kappa shape index (κ2) is 11.3. The van der Waals surface area contributed by atoms with Gasteiger partial charge in [-0.1, -0.05) is 54.4 Å². The minimum Gasteiger partial charge on any atom is -0.355 e. The molecule has 2 aromatic carbocycles. The van der Waals surface area contributed by atoms with Gasteiger partial charge in [0.2, 0.25) is 21.8 Å². The molecule has 7 nitrogen and oxygen atoms in total. The van der Waals surface area contributed by atoms with Gasteiger partial charge in [0.15, 0.2) is 0 Å². The summed E-state index contributed by atoms with van der Waals surface area (Å²) in [7, 11) is -3.78. The summed E-state index contributed by atoms with van der Waals surface area (Å²) >= 11 is 6.04. The molecular formula is C23H30ClN3O4S. The number of likely N-dealkylation sites (N-methyl/N-ethyl adjacent to an activating group) is 1. The van der Waals surface area contributed by atoms with Crippen molar-refractivity contribution in [1.82, 2.24) is 10.2 Å². The van der Waals surface area contributed by atoms with Gasteiger partial charge in [0.25, 0.3) is 0 Å². The monoisotopic (exact) mass is 479 g/mol. The summed E-state index contributed by atoms with van der Waals surface area (Å²) in [6.07, 6.45) is 1.42. The molecule has 0 aromatic heterocycles. The van der Waals surface area contributed by atoms with Gasteiger partial charge in [-0.15, -0.1) is 0 Å². The zero-order valence-corrected chi connectivity index (χ0v) is 20.4. The molecule has 1 atom stereocenters. The molecule has 174 valence electrons. The highest BCUT2D eigenvalue weighted by atomic mass is 35.5. The van der Waals surface area contributed by atoms with Crippen molar-refractivity contribution in [3.8, 4) is 0 Å². The predicted octanol–water partition coefficient (Wildman–Crippen LogP) is 3.36. The Kier molecular flexibility index (Phi) is 9.09. The number of halogens is 1. The maximum absolute atomic E-state index is 13.5. The van der Waals surface area contributed by atoms with E-state index >= 15 is 0 Å². The molecule has 0 heterocycles. The molecule has 0 fully saturated rings. The Morgan fingerprint density at radius 3 is 2.34 bits per heavy atom. The van der Waals surface area contributed by atoms with Crippen LogP contribution in [-0.4, -0.2) is 50.5 Å². The highest BCUT2D eigenvalue weighted by molar-refractivity contribution is 7.92. The number of amides is 2. The first-order valence-corrected chi connectivity index (χ1v) is 12.7. The molecule has 32 heavy (non-hydrogen) atoms. The molecule has 0 spiro atoms. The van der Waals surface area contributed by atoms with E-state index in [1.807, 2.05) is 45.0 Å². The standard InChI is InChI=1S/C23H30ClN3O4S/c1-5-21(23(29)25-6-2)26(15-18-10-7-9-17(3)13-18)22(28)16-27(32(4,30)31)20-12-8-11-19(24)14-20/h7-14,21H,5-6,15-16H2,1-4H3,(H,25,29). The number of benzene rings is 2. The van der Waals surface area contributed by atoms with E-state index in [0.29, 0.717) is 18.0 Å². The fraction of sp³-hybridized carbons (Fsp3) is 0.391. The first kappa shape index (κ1) is 25.7. The van der Waals surface area contributed by atoms with Crippen LogP contribution in [0.4, 0.5) is 5.69 Å². The predicted molar refractivity (Wildman–Crippen MR) is 128 cm³/mol. The van der Waals surface area contributed by atoms with Gasteiger partial charge in [-0.2, -0.15) is 0 Å². The SMILES string of the molecule is CCNC(=O)C(CC)N(Cc1cccc(C)c1)C(=O)CN(c1cccc(Cl)c1)S(C)(=O)=O. The van der Waals surface area contributed by atoms with Crippen molar-refractivity contribution in [1.29, 1.82) is 0 Å². The maximum Gasteiger partial charge on any atom is 0.244 e. The summed E-state index contributed by atoms with van der Waals surface area (Å²) < 4.78 is 26.0. The number of hydrogen-bond acceptors (Lipinski definition) is 4. The van der Waals surface area contributed by atoms with Crippen molar-refractivity contribution >= 4 is 39.1 Å². The molecule has 0 bridgehead atoms. The minimum atomic E-state index is -3.78. The number of hydrogen-bond donors (Lipinski definition) is 1. The lowest BCUT2D eigenvalue weighted by Gasteiger charge is -2.32. The molecule has 0 aliphatic carbocycles. The van der Waals surface area contributed by atoms with Crippen LogP contribution in [0.5, 0.6) is 0 Å². The topological polar surface area (TPSA) is 86.8 Å². The fourth-order valence-electron chi connectivity index (χ4n) is 3.46. The largest absolute Gasteiger partial charge is 0.355 e. The second-order valence-electron chi connectivity index (χ2n) is 7.58. The second-order valence-corrected chi connectivity index (χ2v) is 9.92. The Bertz CT molecular complexity index is 1060. The van der Waals surface area contributed by atoms with E-state index in [1.54, 1.807) is 18.2 Å². The van der Waals surface area contributed by atoms with Crippen molar-refractivity contribution in [2.24, 2.45) is 0 Å². The van der Waals surface area contributed by atoms with Crippen LogP contribution in [0.25, 0.3) is 0 Å². The molecule has 0 aliphatic heterocycles. The first-order valence-electron chi connectivity index (χ1n) is 10.4. The average Bonchev–Trinajstić information content (AvgIpc) is 2.71.